The Kier molecular flexibility index (Phi) is 7.02. The Balaban J connectivity index is 2.02. The van der Waals surface area contributed by atoms with Crippen LogP contribution in [0.4, 0.5) is 0 Å². The molecule has 0 bridgehead atoms. The molecule has 0 aliphatic carbocycles. The molecule has 1 heterocycles. The van der Waals surface area contributed by atoms with E-state index in [1.165, 1.54) is 6.92 Å². The zero-order valence-electron chi connectivity index (χ0n) is 14.3. The van der Waals surface area contributed by atoms with Gasteiger partial charge in [0.1, 0.15) is 6.04 Å². The van der Waals surface area contributed by atoms with Gasteiger partial charge in [-0.2, -0.15) is 0 Å². The van der Waals surface area contributed by atoms with Crippen LogP contribution in [-0.4, -0.2) is 51.3 Å². The Morgan fingerprint density at radius 1 is 1.27 bits per heavy atom. The van der Waals surface area contributed by atoms with Gasteiger partial charge in [-0.25, -0.2) is 0 Å². The van der Waals surface area contributed by atoms with Gasteiger partial charge in [0, 0.05) is 37.2 Å². The maximum Gasteiger partial charge on any atom is 0.243 e. The summed E-state index contributed by atoms with van der Waals surface area (Å²) < 4.78 is 12.5. The van der Waals surface area contributed by atoms with Crippen molar-refractivity contribution in [1.29, 1.82) is 0 Å². The van der Waals surface area contributed by atoms with E-state index in [0.717, 1.165) is 5.56 Å². The molecule has 0 spiro atoms. The normalized spacial score (nSPS) is 19.2. The zero-order valence-corrected chi connectivity index (χ0v) is 15.1. The number of carbonyl (C=O) groups excluding carboxylic acids is 4. The molecule has 3 N–H and O–H groups in total. The molecule has 1 aliphatic rings. The van der Waals surface area contributed by atoms with E-state index >= 15 is 0 Å². The minimum absolute atomic E-state index is 0.104. The molecule has 1 aliphatic heterocycles. The van der Waals surface area contributed by atoms with Crippen LogP contribution < -0.4 is 16.0 Å². The number of piperidine rings is 1. The lowest BCUT2D eigenvalue weighted by Crippen LogP contribution is -2.54. The molecule has 0 aromatic heterocycles. The Bertz CT molecular complexity index is 706. The van der Waals surface area contributed by atoms with Gasteiger partial charge in [-0.1, -0.05) is 30.3 Å². The highest BCUT2D eigenvalue weighted by Crippen LogP contribution is 2.09. The number of hydrogen-bond donors (Lipinski definition) is 3. The third-order valence-corrected chi connectivity index (χ3v) is 5.46. The summed E-state index contributed by atoms with van der Waals surface area (Å²) >= 11 is 0. The predicted octanol–water partition coefficient (Wildman–Crippen LogP) is -0.986. The summed E-state index contributed by atoms with van der Waals surface area (Å²) in [5, 5.41) is 6.28. The Morgan fingerprint density at radius 2 is 1.96 bits per heavy atom. The van der Waals surface area contributed by atoms with Crippen molar-refractivity contribution in [1.82, 2.24) is 16.0 Å². The summed E-state index contributed by atoms with van der Waals surface area (Å²) in [7, 11) is -1.92. The van der Waals surface area contributed by atoms with Crippen molar-refractivity contribution in [3.05, 3.63) is 35.9 Å². The van der Waals surface area contributed by atoms with E-state index in [4.69, 9.17) is 0 Å². The predicted molar refractivity (Wildman–Crippen MR) is 95.3 cm³/mol. The van der Waals surface area contributed by atoms with Gasteiger partial charge in [0.05, 0.1) is 5.75 Å². The average molecular weight is 379 g/mol. The standard InChI is InChI=1S/C17H21N3O5S/c1-11(21)20-13(16(23)19-9-12-5-3-2-4-6-12)10-26(25)15-14(22)7-8-18-17(15)24/h2-6,13,15H,7-10H2,1H3,(H,18,24)(H,19,23)(H,20,21)/t13-,15?,26?/m0/s1. The molecule has 8 nitrogen and oxygen atoms in total. The first kappa shape index (κ1) is 19.8. The van der Waals surface area contributed by atoms with E-state index in [-0.39, 0.29) is 25.3 Å². The van der Waals surface area contributed by atoms with Crippen LogP contribution in [0.15, 0.2) is 30.3 Å². The van der Waals surface area contributed by atoms with Gasteiger partial charge in [-0.15, -0.1) is 0 Å². The summed E-state index contributed by atoms with van der Waals surface area (Å²) in [6.45, 7) is 1.70. The summed E-state index contributed by atoms with van der Waals surface area (Å²) in [6, 6.07) is 8.07. The number of nitrogens with one attached hydrogen (secondary N) is 3. The number of carbonyl (C=O) groups is 4. The monoisotopic (exact) mass is 379 g/mol. The second-order valence-corrected chi connectivity index (χ2v) is 7.46. The first-order valence-electron chi connectivity index (χ1n) is 8.15. The smallest absolute Gasteiger partial charge is 0.243 e. The van der Waals surface area contributed by atoms with Gasteiger partial charge in [-0.3, -0.25) is 23.4 Å². The second-order valence-electron chi connectivity index (χ2n) is 5.89. The van der Waals surface area contributed by atoms with Gasteiger partial charge >= 0.3 is 0 Å². The van der Waals surface area contributed by atoms with Crippen molar-refractivity contribution >= 4 is 34.3 Å². The SMILES string of the molecule is CC(=O)N[C@@H](CS(=O)C1C(=O)CCNC1=O)C(=O)NCc1ccccc1. The zero-order chi connectivity index (χ0) is 19.1. The van der Waals surface area contributed by atoms with Crippen LogP contribution in [0.2, 0.25) is 0 Å². The molecule has 9 heteroatoms. The topological polar surface area (TPSA) is 121 Å². The fourth-order valence-electron chi connectivity index (χ4n) is 2.54. The van der Waals surface area contributed by atoms with E-state index in [2.05, 4.69) is 16.0 Å². The number of amides is 3. The van der Waals surface area contributed by atoms with Crippen molar-refractivity contribution in [2.45, 2.75) is 31.2 Å². The molecular weight excluding hydrogens is 358 g/mol. The Morgan fingerprint density at radius 3 is 2.58 bits per heavy atom. The van der Waals surface area contributed by atoms with E-state index < -0.39 is 45.6 Å². The molecule has 0 saturated carbocycles. The highest BCUT2D eigenvalue weighted by Gasteiger charge is 2.37. The van der Waals surface area contributed by atoms with Crippen LogP contribution in [-0.2, 0) is 36.5 Å². The maximum absolute atomic E-state index is 12.5. The van der Waals surface area contributed by atoms with E-state index in [1.807, 2.05) is 30.3 Å². The maximum atomic E-state index is 12.5. The van der Waals surface area contributed by atoms with Gasteiger partial charge in [0.15, 0.2) is 11.0 Å². The number of benzene rings is 1. The van der Waals surface area contributed by atoms with Gasteiger partial charge in [0.2, 0.25) is 17.7 Å². The average Bonchev–Trinajstić information content (AvgIpc) is 2.59. The lowest BCUT2D eigenvalue weighted by Gasteiger charge is -2.23. The fraction of sp³-hybridized carbons (Fsp3) is 0.412. The summed E-state index contributed by atoms with van der Waals surface area (Å²) in [5.41, 5.74) is 0.866. The lowest BCUT2D eigenvalue weighted by molar-refractivity contribution is -0.130. The molecule has 1 aromatic carbocycles. The number of rotatable bonds is 7. The van der Waals surface area contributed by atoms with Crippen molar-refractivity contribution < 1.29 is 23.4 Å². The first-order chi connectivity index (χ1) is 12.4. The molecule has 26 heavy (non-hydrogen) atoms. The molecule has 2 rings (SSSR count). The second kappa shape index (κ2) is 9.23. The van der Waals surface area contributed by atoms with Crippen LogP contribution in [0.3, 0.4) is 0 Å². The van der Waals surface area contributed by atoms with Crippen molar-refractivity contribution in [3.8, 4) is 0 Å². The van der Waals surface area contributed by atoms with E-state index in [0.29, 0.717) is 0 Å². The minimum atomic E-state index is -1.92. The molecule has 1 aromatic rings. The molecule has 140 valence electrons. The fourth-order valence-corrected chi connectivity index (χ4v) is 4.03. The Labute approximate surface area is 153 Å². The largest absolute Gasteiger partial charge is 0.354 e. The molecule has 3 atom stereocenters. The van der Waals surface area contributed by atoms with E-state index in [1.54, 1.807) is 0 Å². The van der Waals surface area contributed by atoms with Crippen LogP contribution >= 0.6 is 0 Å². The number of ketones is 1. The highest BCUT2D eigenvalue weighted by atomic mass is 32.2. The highest BCUT2D eigenvalue weighted by molar-refractivity contribution is 7.87. The summed E-state index contributed by atoms with van der Waals surface area (Å²) in [6.07, 6.45) is 0.104. The number of hydrogen-bond acceptors (Lipinski definition) is 5. The molecule has 2 unspecified atom stereocenters. The van der Waals surface area contributed by atoms with Crippen LogP contribution in [0.5, 0.6) is 0 Å². The van der Waals surface area contributed by atoms with Gasteiger partial charge in [-0.05, 0) is 5.56 Å². The minimum Gasteiger partial charge on any atom is -0.354 e. The van der Waals surface area contributed by atoms with Crippen LogP contribution in [0, 0.1) is 0 Å². The Hall–Kier alpha value is -2.55. The van der Waals surface area contributed by atoms with E-state index in [9.17, 15) is 23.4 Å². The molecule has 1 fully saturated rings. The van der Waals surface area contributed by atoms with Crippen molar-refractivity contribution in [3.63, 3.8) is 0 Å². The summed E-state index contributed by atoms with van der Waals surface area (Å²) in [5.74, 6) is -2.34. The van der Waals surface area contributed by atoms with Crippen molar-refractivity contribution in [2.24, 2.45) is 0 Å². The third-order valence-electron chi connectivity index (χ3n) is 3.80. The van der Waals surface area contributed by atoms with Crippen molar-refractivity contribution in [2.75, 3.05) is 12.3 Å². The summed E-state index contributed by atoms with van der Waals surface area (Å²) in [4.78, 5) is 47.5. The molecule has 1 saturated heterocycles. The molecule has 3 amide bonds. The quantitative estimate of drug-likeness (QED) is 0.526. The van der Waals surface area contributed by atoms with Crippen LogP contribution in [0.25, 0.3) is 0 Å². The van der Waals surface area contributed by atoms with Crippen LogP contribution in [0.1, 0.15) is 18.9 Å². The van der Waals surface area contributed by atoms with Gasteiger partial charge < -0.3 is 16.0 Å². The van der Waals surface area contributed by atoms with Gasteiger partial charge in [0.25, 0.3) is 0 Å². The molecular formula is C17H21N3O5S. The first-order valence-corrected chi connectivity index (χ1v) is 9.53. The molecule has 0 radical (unpaired) electrons. The lowest BCUT2D eigenvalue weighted by atomic mass is 10.1. The third kappa shape index (κ3) is 5.48. The number of Topliss-reactive ketones (excluding diaryl/α,β-unsaturated/α-hetero) is 1.